The summed E-state index contributed by atoms with van der Waals surface area (Å²) in [6, 6.07) is 9.47. The maximum Gasteiger partial charge on any atom is 0.323 e. The molecule has 1 aliphatic heterocycles. The lowest BCUT2D eigenvalue weighted by atomic mass is 10.2. The number of amides is 2. The average Bonchev–Trinajstić information content (AvgIpc) is 3.15. The molecule has 0 spiro atoms. The van der Waals surface area contributed by atoms with Gasteiger partial charge in [-0.25, -0.2) is 9.48 Å². The molecule has 1 aromatic heterocycles. The molecule has 1 atom stereocenters. The number of aliphatic hydroxyl groups is 1. The SMILES string of the molecule is Cc1cn(-c2ccccc2)nc1NC(=O)N1CCC[C@H]1CO. The van der Waals surface area contributed by atoms with Gasteiger partial charge >= 0.3 is 6.03 Å². The van der Waals surface area contributed by atoms with E-state index in [1.807, 2.05) is 43.5 Å². The molecule has 3 rings (SSSR count). The van der Waals surface area contributed by atoms with E-state index >= 15 is 0 Å². The third-order valence-corrected chi connectivity index (χ3v) is 3.99. The van der Waals surface area contributed by atoms with Crippen LogP contribution in [0.15, 0.2) is 36.5 Å². The van der Waals surface area contributed by atoms with Crippen LogP contribution in [0.1, 0.15) is 18.4 Å². The smallest absolute Gasteiger partial charge is 0.323 e. The van der Waals surface area contributed by atoms with Crippen LogP contribution in [-0.4, -0.2) is 45.0 Å². The highest BCUT2D eigenvalue weighted by Gasteiger charge is 2.28. The zero-order valence-electron chi connectivity index (χ0n) is 12.6. The van der Waals surface area contributed by atoms with E-state index in [0.29, 0.717) is 12.4 Å². The molecular formula is C16H20N4O2. The highest BCUT2D eigenvalue weighted by Crippen LogP contribution is 2.20. The van der Waals surface area contributed by atoms with Crippen molar-refractivity contribution in [2.45, 2.75) is 25.8 Å². The summed E-state index contributed by atoms with van der Waals surface area (Å²) in [5, 5.41) is 16.6. The maximum atomic E-state index is 12.3. The molecule has 2 N–H and O–H groups in total. The highest BCUT2D eigenvalue weighted by atomic mass is 16.3. The Labute approximate surface area is 129 Å². The predicted molar refractivity (Wildman–Crippen MR) is 84.1 cm³/mol. The summed E-state index contributed by atoms with van der Waals surface area (Å²) < 4.78 is 1.75. The lowest BCUT2D eigenvalue weighted by Crippen LogP contribution is -2.40. The van der Waals surface area contributed by atoms with Crippen molar-refractivity contribution in [1.29, 1.82) is 0 Å². The van der Waals surface area contributed by atoms with E-state index in [-0.39, 0.29) is 18.7 Å². The van der Waals surface area contributed by atoms with Crippen molar-refractivity contribution in [2.24, 2.45) is 0 Å². The Hall–Kier alpha value is -2.34. The number of anilines is 1. The zero-order valence-corrected chi connectivity index (χ0v) is 12.6. The Bertz CT molecular complexity index is 653. The van der Waals surface area contributed by atoms with Gasteiger partial charge in [0.1, 0.15) is 0 Å². The Morgan fingerprint density at radius 1 is 1.41 bits per heavy atom. The van der Waals surface area contributed by atoms with Crippen LogP contribution in [0.2, 0.25) is 0 Å². The number of carbonyl (C=O) groups excluding carboxylic acids is 1. The molecule has 0 radical (unpaired) electrons. The van der Waals surface area contributed by atoms with Gasteiger partial charge in [-0.15, -0.1) is 5.10 Å². The molecule has 6 heteroatoms. The summed E-state index contributed by atoms with van der Waals surface area (Å²) in [6.45, 7) is 2.59. The number of aryl methyl sites for hydroxylation is 1. The fourth-order valence-corrected chi connectivity index (χ4v) is 2.76. The predicted octanol–water partition coefficient (Wildman–Crippen LogP) is 2.17. The Morgan fingerprint density at radius 3 is 2.91 bits per heavy atom. The number of nitrogens with zero attached hydrogens (tertiary/aromatic N) is 3. The van der Waals surface area contributed by atoms with Crippen LogP contribution in [0.5, 0.6) is 0 Å². The topological polar surface area (TPSA) is 70.4 Å². The van der Waals surface area contributed by atoms with Crippen molar-refractivity contribution < 1.29 is 9.90 Å². The molecule has 0 unspecified atom stereocenters. The third kappa shape index (κ3) is 2.82. The zero-order chi connectivity index (χ0) is 15.5. The molecule has 1 fully saturated rings. The highest BCUT2D eigenvalue weighted by molar-refractivity contribution is 5.89. The number of benzene rings is 1. The van der Waals surface area contributed by atoms with Crippen molar-refractivity contribution in [1.82, 2.24) is 14.7 Å². The summed E-state index contributed by atoms with van der Waals surface area (Å²) in [5.41, 5.74) is 1.84. The molecule has 22 heavy (non-hydrogen) atoms. The van der Waals surface area contributed by atoms with E-state index in [1.54, 1.807) is 9.58 Å². The molecule has 2 amide bonds. The van der Waals surface area contributed by atoms with Crippen LogP contribution in [0.25, 0.3) is 5.69 Å². The van der Waals surface area contributed by atoms with E-state index in [9.17, 15) is 9.90 Å². The van der Waals surface area contributed by atoms with Gasteiger partial charge in [0.15, 0.2) is 5.82 Å². The normalized spacial score (nSPS) is 17.7. The number of rotatable bonds is 3. The first-order chi connectivity index (χ1) is 10.7. The number of para-hydroxylation sites is 1. The summed E-state index contributed by atoms with van der Waals surface area (Å²) in [6.07, 6.45) is 3.66. The van der Waals surface area contributed by atoms with Crippen molar-refractivity contribution in [2.75, 3.05) is 18.5 Å². The standard InChI is InChI=1S/C16H20N4O2/c1-12-10-20(13-6-3-2-4-7-13)18-15(12)17-16(22)19-9-5-8-14(19)11-21/h2-4,6-7,10,14,21H,5,8-9,11H2,1H3,(H,17,18,22)/t14-/m0/s1. The molecule has 116 valence electrons. The van der Waals surface area contributed by atoms with Gasteiger partial charge in [-0.1, -0.05) is 18.2 Å². The summed E-state index contributed by atoms with van der Waals surface area (Å²) >= 11 is 0. The summed E-state index contributed by atoms with van der Waals surface area (Å²) in [4.78, 5) is 14.0. The fraction of sp³-hybridized carbons (Fsp3) is 0.375. The molecule has 0 aliphatic carbocycles. The van der Waals surface area contributed by atoms with Crippen molar-refractivity contribution >= 4 is 11.8 Å². The van der Waals surface area contributed by atoms with Crippen LogP contribution in [-0.2, 0) is 0 Å². The van der Waals surface area contributed by atoms with Gasteiger partial charge in [0, 0.05) is 18.3 Å². The number of aliphatic hydroxyl groups excluding tert-OH is 1. The van der Waals surface area contributed by atoms with E-state index in [4.69, 9.17) is 0 Å². The maximum absolute atomic E-state index is 12.3. The molecular weight excluding hydrogens is 280 g/mol. The first kappa shape index (κ1) is 14.6. The lowest BCUT2D eigenvalue weighted by Gasteiger charge is -2.22. The van der Waals surface area contributed by atoms with Crippen LogP contribution >= 0.6 is 0 Å². The van der Waals surface area contributed by atoms with Gasteiger partial charge in [0.05, 0.1) is 18.3 Å². The van der Waals surface area contributed by atoms with E-state index in [2.05, 4.69) is 10.4 Å². The van der Waals surface area contributed by atoms with Crippen LogP contribution in [0.3, 0.4) is 0 Å². The van der Waals surface area contributed by atoms with E-state index in [0.717, 1.165) is 24.1 Å². The molecule has 0 bridgehead atoms. The van der Waals surface area contributed by atoms with E-state index < -0.39 is 0 Å². The van der Waals surface area contributed by atoms with Gasteiger partial charge in [-0.05, 0) is 31.9 Å². The number of carbonyl (C=O) groups is 1. The first-order valence-corrected chi connectivity index (χ1v) is 7.49. The molecule has 6 nitrogen and oxygen atoms in total. The molecule has 1 saturated heterocycles. The Morgan fingerprint density at radius 2 is 2.18 bits per heavy atom. The van der Waals surface area contributed by atoms with Gasteiger partial charge in [0.25, 0.3) is 0 Å². The minimum atomic E-state index is -0.196. The van der Waals surface area contributed by atoms with Gasteiger partial charge in [-0.2, -0.15) is 0 Å². The van der Waals surface area contributed by atoms with Crippen molar-refractivity contribution in [3.8, 4) is 5.69 Å². The number of aromatic nitrogens is 2. The van der Waals surface area contributed by atoms with Crippen molar-refractivity contribution in [3.05, 3.63) is 42.1 Å². The Balaban J connectivity index is 1.76. The second-order valence-corrected chi connectivity index (χ2v) is 5.54. The monoisotopic (exact) mass is 300 g/mol. The van der Waals surface area contributed by atoms with Crippen molar-refractivity contribution in [3.63, 3.8) is 0 Å². The molecule has 2 heterocycles. The third-order valence-electron chi connectivity index (χ3n) is 3.99. The molecule has 2 aromatic rings. The molecule has 1 aromatic carbocycles. The van der Waals surface area contributed by atoms with Crippen LogP contribution < -0.4 is 5.32 Å². The molecule has 1 aliphatic rings. The molecule has 0 saturated carbocycles. The Kier molecular flexibility index (Phi) is 4.11. The van der Waals surface area contributed by atoms with Crippen LogP contribution in [0, 0.1) is 6.92 Å². The lowest BCUT2D eigenvalue weighted by molar-refractivity contribution is 0.166. The minimum absolute atomic E-state index is 0.00482. The average molecular weight is 300 g/mol. The van der Waals surface area contributed by atoms with Gasteiger partial charge in [-0.3, -0.25) is 5.32 Å². The second-order valence-electron chi connectivity index (χ2n) is 5.54. The van der Waals surface area contributed by atoms with E-state index in [1.165, 1.54) is 0 Å². The summed E-state index contributed by atoms with van der Waals surface area (Å²) in [5.74, 6) is 0.553. The largest absolute Gasteiger partial charge is 0.394 e. The minimum Gasteiger partial charge on any atom is -0.394 e. The number of likely N-dealkylation sites (tertiary alicyclic amines) is 1. The first-order valence-electron chi connectivity index (χ1n) is 7.49. The van der Waals surface area contributed by atoms with Gasteiger partial charge < -0.3 is 10.0 Å². The fourth-order valence-electron chi connectivity index (χ4n) is 2.76. The number of hydrogen-bond acceptors (Lipinski definition) is 3. The number of hydrogen-bond donors (Lipinski definition) is 2. The summed E-state index contributed by atoms with van der Waals surface area (Å²) in [7, 11) is 0. The van der Waals surface area contributed by atoms with Gasteiger partial charge in [0.2, 0.25) is 0 Å². The van der Waals surface area contributed by atoms with Crippen LogP contribution in [0.4, 0.5) is 10.6 Å². The number of nitrogens with one attached hydrogen (secondary N) is 1. The quantitative estimate of drug-likeness (QED) is 0.912. The second kappa shape index (κ2) is 6.19. The number of urea groups is 1.